The molecule has 2 aromatic rings. The molecule has 26 heteroatoms. The quantitative estimate of drug-likeness (QED) is 0.135. The van der Waals surface area contributed by atoms with Crippen LogP contribution < -0.4 is 4.90 Å². The Kier molecular flexibility index (Phi) is 26.6. The maximum atomic E-state index is 14.6. The van der Waals surface area contributed by atoms with Gasteiger partial charge in [-0.15, -0.1) is 23.5 Å². The van der Waals surface area contributed by atoms with E-state index in [1.54, 1.807) is 90.2 Å². The summed E-state index contributed by atoms with van der Waals surface area (Å²) in [5.41, 5.74) is -3.61. The van der Waals surface area contributed by atoms with Gasteiger partial charge in [-0.3, -0.25) is 19.2 Å². The first-order valence-corrected chi connectivity index (χ1v) is 30.2. The van der Waals surface area contributed by atoms with Crippen molar-refractivity contribution in [2.75, 3.05) is 51.3 Å². The zero-order chi connectivity index (χ0) is 65.7. The van der Waals surface area contributed by atoms with Crippen molar-refractivity contribution in [1.29, 1.82) is 0 Å². The van der Waals surface area contributed by atoms with E-state index in [0.717, 1.165) is 35.7 Å². The van der Waals surface area contributed by atoms with Gasteiger partial charge in [-0.2, -0.15) is 45.5 Å². The van der Waals surface area contributed by atoms with Crippen LogP contribution >= 0.6 is 23.5 Å². The second-order valence-electron chi connectivity index (χ2n) is 24.2. The van der Waals surface area contributed by atoms with Crippen molar-refractivity contribution in [2.45, 2.75) is 222 Å². The van der Waals surface area contributed by atoms with Crippen molar-refractivity contribution in [3.8, 4) is 0 Å². The summed E-state index contributed by atoms with van der Waals surface area (Å²) in [5.74, 6) is -1.78. The lowest BCUT2D eigenvalue weighted by Gasteiger charge is -2.42. The predicted molar refractivity (Wildman–Crippen MR) is 308 cm³/mol. The number of alkyl halides is 6. The van der Waals surface area contributed by atoms with E-state index in [-0.39, 0.29) is 43.5 Å². The predicted octanol–water partition coefficient (Wildman–Crippen LogP) is 12.2. The lowest BCUT2D eigenvalue weighted by atomic mass is 9.92. The Hall–Kier alpha value is -5.94. The summed E-state index contributed by atoms with van der Waals surface area (Å²) in [5, 5.41) is 0. The molecule has 0 N–H and O–H groups in total. The number of amides is 5. The summed E-state index contributed by atoms with van der Waals surface area (Å²) in [6.45, 7) is 26.8. The fraction of sp³-hybridized carbons (Fsp3) is 0.667. The van der Waals surface area contributed by atoms with Crippen molar-refractivity contribution >= 4 is 77.2 Å². The SMILES string of the molecule is CCC1(C)Sc2cc(C(F)(F)F)c(C(=O)N(C(C)C)[C@@H]3CCCN(C(=O)OC(C)(C)C)C3)cc2CC1=O.CCC1(C)Sc2cc(C(F)(F)F)c(C(=O)N(C(C)C)[C@@H]3CCCN(C(=O)OC(C)(C)C)C3)cc2N(CCCCOC)C1=O.O=C=O.O=C=O. The molecule has 2 saturated heterocycles. The van der Waals surface area contributed by atoms with E-state index in [4.69, 9.17) is 33.4 Å². The molecule has 18 nitrogen and oxygen atoms in total. The number of ketones is 1. The number of unbranched alkanes of at least 4 members (excludes halogenated alkanes) is 1. The van der Waals surface area contributed by atoms with Gasteiger partial charge in [0, 0.05) is 74.7 Å². The molecule has 0 aromatic heterocycles. The number of benzene rings is 2. The van der Waals surface area contributed by atoms with Crippen LogP contribution in [0.4, 0.5) is 41.6 Å². The van der Waals surface area contributed by atoms with Gasteiger partial charge in [-0.05, 0) is 164 Å². The molecule has 0 saturated carbocycles. The average molecular weight is 1260 g/mol. The van der Waals surface area contributed by atoms with Gasteiger partial charge in [-0.25, -0.2) is 9.59 Å². The van der Waals surface area contributed by atoms with Crippen molar-refractivity contribution in [2.24, 2.45) is 0 Å². The second kappa shape index (κ2) is 30.8. The average Bonchev–Trinajstić information content (AvgIpc) is 1.02. The molecule has 86 heavy (non-hydrogen) atoms. The van der Waals surface area contributed by atoms with Crippen LogP contribution in [0.2, 0.25) is 0 Å². The van der Waals surface area contributed by atoms with Gasteiger partial charge in [0.2, 0.25) is 5.91 Å². The standard InChI is InChI=1S/C31H46F3N3O5S.C27H37F3N2O4S.2CO2/c1-9-30(7)27(39)36(15-10-11-16-41-8)24-17-22(23(31(32,33)34)18-25(24)43-30)26(38)37(20(2)3)21-13-12-14-35(19-21)28(40)42-29(4,5)6;1-8-26(7)22(33)13-17-12-19(20(27(28,29)30)14-21(17)37-26)23(34)32(16(2)3)18-10-9-11-31(15-18)24(35)36-25(4,5)6;2*2-1-3/h17-18,20-21H,9-16,19H2,1-8H3;12,14,16,18H,8-11,13,15H2,1-7H3;;/t21-,30?;18-,26?;;/m11../s1. The number of ether oxygens (including phenoxy) is 3. The summed E-state index contributed by atoms with van der Waals surface area (Å²) in [4.78, 5) is 121. The van der Waals surface area contributed by atoms with E-state index in [0.29, 0.717) is 98.6 Å². The number of piperidine rings is 2. The number of hydrogen-bond acceptors (Lipinski definition) is 15. The van der Waals surface area contributed by atoms with Crippen molar-refractivity contribution in [3.63, 3.8) is 0 Å². The van der Waals surface area contributed by atoms with E-state index < -0.39 is 103 Å². The van der Waals surface area contributed by atoms with Gasteiger partial charge in [-0.1, -0.05) is 13.8 Å². The van der Waals surface area contributed by atoms with Crippen molar-refractivity contribution in [3.05, 3.63) is 52.1 Å². The first-order valence-electron chi connectivity index (χ1n) is 28.5. The molecule has 4 heterocycles. The smallest absolute Gasteiger partial charge is 0.417 e. The van der Waals surface area contributed by atoms with Gasteiger partial charge >= 0.3 is 36.8 Å². The van der Waals surface area contributed by atoms with Crippen LogP contribution in [0.1, 0.15) is 186 Å². The van der Waals surface area contributed by atoms with Gasteiger partial charge in [0.25, 0.3) is 11.8 Å². The number of carbonyl (C=O) groups excluding carboxylic acids is 10. The maximum absolute atomic E-state index is 14.6. The largest absolute Gasteiger partial charge is 0.444 e. The third kappa shape index (κ3) is 19.5. The first-order chi connectivity index (χ1) is 39.7. The fourth-order valence-electron chi connectivity index (χ4n) is 10.4. The molecule has 480 valence electrons. The summed E-state index contributed by atoms with van der Waals surface area (Å²) < 4.78 is 101. The summed E-state index contributed by atoms with van der Waals surface area (Å²) in [6, 6.07) is 2.74. The van der Waals surface area contributed by atoms with Gasteiger partial charge in [0.15, 0.2) is 5.78 Å². The van der Waals surface area contributed by atoms with E-state index >= 15 is 0 Å². The van der Waals surface area contributed by atoms with Crippen LogP contribution in [0.15, 0.2) is 34.1 Å². The van der Waals surface area contributed by atoms with Gasteiger partial charge < -0.3 is 38.7 Å². The van der Waals surface area contributed by atoms with Crippen LogP contribution in [-0.2, 0) is 61.8 Å². The Morgan fingerprint density at radius 3 is 1.45 bits per heavy atom. The molecule has 4 aliphatic heterocycles. The first kappa shape index (κ1) is 74.3. The summed E-state index contributed by atoms with van der Waals surface area (Å²) >= 11 is 2.25. The minimum absolute atomic E-state index is 0.0113. The Balaban J connectivity index is 0.000000416. The third-order valence-electron chi connectivity index (χ3n) is 14.8. The summed E-state index contributed by atoms with van der Waals surface area (Å²) in [6.07, 6.45) is -5.63. The van der Waals surface area contributed by atoms with Crippen LogP contribution in [0.25, 0.3) is 0 Å². The zero-order valence-corrected chi connectivity index (χ0v) is 53.5. The number of likely N-dealkylation sites (tertiary alicyclic amines) is 2. The maximum Gasteiger partial charge on any atom is 0.417 e. The molecule has 6 rings (SSSR count). The fourth-order valence-corrected chi connectivity index (χ4v) is 12.9. The number of fused-ring (bicyclic) bond motifs is 2. The molecule has 0 aliphatic carbocycles. The van der Waals surface area contributed by atoms with E-state index in [1.807, 2.05) is 13.8 Å². The van der Waals surface area contributed by atoms with Crippen LogP contribution in [0, 0.1) is 0 Å². The van der Waals surface area contributed by atoms with E-state index in [9.17, 15) is 55.1 Å². The Bertz CT molecular complexity index is 2800. The van der Waals surface area contributed by atoms with E-state index in [1.165, 1.54) is 36.6 Å². The molecular weight excluding hydrogens is 1180 g/mol. The van der Waals surface area contributed by atoms with Crippen LogP contribution in [0.3, 0.4) is 0 Å². The van der Waals surface area contributed by atoms with E-state index in [2.05, 4.69) is 0 Å². The van der Waals surface area contributed by atoms with Crippen LogP contribution in [0.5, 0.6) is 0 Å². The Labute approximate surface area is 508 Å². The molecule has 0 spiro atoms. The molecule has 2 fully saturated rings. The summed E-state index contributed by atoms with van der Waals surface area (Å²) in [7, 11) is 1.59. The zero-order valence-electron chi connectivity index (χ0n) is 51.9. The molecule has 4 atom stereocenters. The lowest BCUT2D eigenvalue weighted by molar-refractivity contribution is -0.193. The minimum Gasteiger partial charge on any atom is -0.444 e. The lowest BCUT2D eigenvalue weighted by Crippen LogP contribution is -2.54. The molecule has 0 radical (unpaired) electrons. The number of hydrogen-bond donors (Lipinski definition) is 0. The highest BCUT2D eigenvalue weighted by molar-refractivity contribution is 8.02. The number of methoxy groups -OCH3 is 1. The topological polar surface area (TPSA) is 215 Å². The normalized spacial score (nSPS) is 20.5. The van der Waals surface area contributed by atoms with Gasteiger partial charge in [0.1, 0.15) is 11.2 Å². The second-order valence-corrected chi connectivity index (χ2v) is 27.3. The number of anilines is 1. The highest BCUT2D eigenvalue weighted by Gasteiger charge is 2.48. The minimum atomic E-state index is -4.80. The molecule has 4 aliphatic rings. The molecule has 2 unspecified atom stereocenters. The number of nitrogens with zero attached hydrogens (tertiary/aromatic N) is 5. The number of carbonyl (C=O) groups is 6. The Morgan fingerprint density at radius 2 is 1.07 bits per heavy atom. The number of thioether (sulfide) groups is 2. The molecule has 5 amide bonds. The monoisotopic (exact) mass is 1260 g/mol. The molecule has 2 aromatic carbocycles. The highest BCUT2D eigenvalue weighted by atomic mass is 32.2. The van der Waals surface area contributed by atoms with Crippen molar-refractivity contribution < 1.29 is 88.5 Å². The van der Waals surface area contributed by atoms with Crippen molar-refractivity contribution in [1.82, 2.24) is 19.6 Å². The molecular formula is C60H83F6N5O13S2. The third-order valence-corrected chi connectivity index (χ3v) is 17.8. The van der Waals surface area contributed by atoms with Gasteiger partial charge in [0.05, 0.1) is 49.5 Å². The number of halogens is 6. The van der Waals surface area contributed by atoms with Crippen LogP contribution in [-0.4, -0.2) is 159 Å². The number of Topliss-reactive ketones (excluding diaryl/α,β-unsaturated/α-hetero) is 1. The Morgan fingerprint density at radius 1 is 0.663 bits per heavy atom. The number of rotatable bonds is 13. The highest BCUT2D eigenvalue weighted by Crippen LogP contribution is 2.51. The molecule has 0 bridgehead atoms.